The standard InChI is InChI=1S/C14H13FN2O/c15-9-3-4-12-11(8-9)10(5-6-16)14(17-12)13-2-1-7-18-13/h1-4,7-8,17H,5-6,16H2. The van der Waals surface area contributed by atoms with Crippen molar-refractivity contribution in [1.29, 1.82) is 0 Å². The van der Waals surface area contributed by atoms with Crippen LogP contribution in [0, 0.1) is 5.82 Å². The van der Waals surface area contributed by atoms with Gasteiger partial charge in [0, 0.05) is 10.9 Å². The van der Waals surface area contributed by atoms with Crippen LogP contribution in [-0.4, -0.2) is 11.5 Å². The molecular formula is C14H13FN2O. The number of nitrogens with one attached hydrogen (secondary N) is 1. The number of halogens is 1. The van der Waals surface area contributed by atoms with Gasteiger partial charge >= 0.3 is 0 Å². The smallest absolute Gasteiger partial charge is 0.150 e. The monoisotopic (exact) mass is 244 g/mol. The fourth-order valence-electron chi connectivity index (χ4n) is 2.26. The van der Waals surface area contributed by atoms with Crippen LogP contribution in [0.5, 0.6) is 0 Å². The van der Waals surface area contributed by atoms with Crippen molar-refractivity contribution in [2.75, 3.05) is 6.54 Å². The molecule has 4 heteroatoms. The highest BCUT2D eigenvalue weighted by molar-refractivity contribution is 5.90. The zero-order chi connectivity index (χ0) is 12.5. The Labute approximate surface area is 103 Å². The molecule has 3 nitrogen and oxygen atoms in total. The van der Waals surface area contributed by atoms with Gasteiger partial charge in [-0.3, -0.25) is 0 Å². The first kappa shape index (κ1) is 11.0. The number of hydrogen-bond donors (Lipinski definition) is 2. The molecule has 0 radical (unpaired) electrons. The summed E-state index contributed by atoms with van der Waals surface area (Å²) in [7, 11) is 0. The van der Waals surface area contributed by atoms with Crippen molar-refractivity contribution in [2.24, 2.45) is 5.73 Å². The fraction of sp³-hybridized carbons (Fsp3) is 0.143. The van der Waals surface area contributed by atoms with Gasteiger partial charge in [0.2, 0.25) is 0 Å². The van der Waals surface area contributed by atoms with Crippen molar-refractivity contribution in [3.8, 4) is 11.5 Å². The van der Waals surface area contributed by atoms with E-state index < -0.39 is 0 Å². The van der Waals surface area contributed by atoms with Gasteiger partial charge < -0.3 is 15.1 Å². The molecule has 2 heterocycles. The normalized spacial score (nSPS) is 11.2. The van der Waals surface area contributed by atoms with Crippen LogP contribution in [-0.2, 0) is 6.42 Å². The van der Waals surface area contributed by atoms with E-state index in [1.54, 1.807) is 12.3 Å². The Morgan fingerprint density at radius 1 is 1.28 bits per heavy atom. The first-order valence-corrected chi connectivity index (χ1v) is 5.83. The summed E-state index contributed by atoms with van der Waals surface area (Å²) < 4.78 is 18.7. The number of nitrogens with two attached hydrogens (primary N) is 1. The first-order chi connectivity index (χ1) is 8.79. The molecule has 2 aromatic heterocycles. The van der Waals surface area contributed by atoms with Crippen LogP contribution in [0.2, 0.25) is 0 Å². The Morgan fingerprint density at radius 2 is 2.17 bits per heavy atom. The number of hydrogen-bond acceptors (Lipinski definition) is 2. The lowest BCUT2D eigenvalue weighted by Gasteiger charge is -2.00. The lowest BCUT2D eigenvalue weighted by atomic mass is 10.1. The van der Waals surface area contributed by atoms with Crippen molar-refractivity contribution in [3.05, 3.63) is 48.0 Å². The second kappa shape index (κ2) is 4.31. The Balaban J connectivity index is 2.27. The molecule has 0 aliphatic rings. The van der Waals surface area contributed by atoms with E-state index in [1.807, 2.05) is 12.1 Å². The summed E-state index contributed by atoms with van der Waals surface area (Å²) in [6, 6.07) is 8.41. The van der Waals surface area contributed by atoms with Crippen molar-refractivity contribution in [3.63, 3.8) is 0 Å². The van der Waals surface area contributed by atoms with Gasteiger partial charge in [-0.2, -0.15) is 0 Å². The molecule has 0 fully saturated rings. The van der Waals surface area contributed by atoms with Gasteiger partial charge in [-0.05, 0) is 48.9 Å². The summed E-state index contributed by atoms with van der Waals surface area (Å²) in [4.78, 5) is 3.26. The second-order valence-electron chi connectivity index (χ2n) is 4.18. The van der Waals surface area contributed by atoms with Crippen LogP contribution in [0.3, 0.4) is 0 Å². The molecule has 0 spiro atoms. The van der Waals surface area contributed by atoms with Gasteiger partial charge in [0.25, 0.3) is 0 Å². The summed E-state index contributed by atoms with van der Waals surface area (Å²) in [5.74, 6) is 0.501. The molecule has 0 atom stereocenters. The van der Waals surface area contributed by atoms with E-state index in [1.165, 1.54) is 12.1 Å². The van der Waals surface area contributed by atoms with Crippen LogP contribution in [0.4, 0.5) is 4.39 Å². The summed E-state index contributed by atoms with van der Waals surface area (Å²) in [5.41, 5.74) is 8.41. The zero-order valence-electron chi connectivity index (χ0n) is 9.74. The maximum Gasteiger partial charge on any atom is 0.150 e. The Bertz CT molecular complexity index is 670. The molecule has 0 saturated carbocycles. The summed E-state index contributed by atoms with van der Waals surface area (Å²) in [5, 5.41) is 0.867. The van der Waals surface area contributed by atoms with Crippen molar-refractivity contribution < 1.29 is 8.81 Å². The van der Waals surface area contributed by atoms with Gasteiger partial charge in [0.05, 0.1) is 12.0 Å². The minimum Gasteiger partial charge on any atom is -0.463 e. The summed E-state index contributed by atoms with van der Waals surface area (Å²) in [6.07, 6.45) is 2.30. The first-order valence-electron chi connectivity index (χ1n) is 5.83. The molecule has 1 aromatic carbocycles. The molecule has 0 amide bonds. The third-order valence-electron chi connectivity index (χ3n) is 3.03. The highest BCUT2D eigenvalue weighted by Crippen LogP contribution is 2.31. The van der Waals surface area contributed by atoms with Crippen LogP contribution in [0.25, 0.3) is 22.4 Å². The van der Waals surface area contributed by atoms with Crippen molar-refractivity contribution in [2.45, 2.75) is 6.42 Å². The topological polar surface area (TPSA) is 54.9 Å². The van der Waals surface area contributed by atoms with E-state index in [2.05, 4.69) is 4.98 Å². The van der Waals surface area contributed by atoms with Crippen LogP contribution < -0.4 is 5.73 Å². The van der Waals surface area contributed by atoms with E-state index >= 15 is 0 Å². The Morgan fingerprint density at radius 3 is 2.89 bits per heavy atom. The summed E-state index contributed by atoms with van der Waals surface area (Å²) >= 11 is 0. The molecule has 0 aliphatic carbocycles. The Hall–Kier alpha value is -2.07. The van der Waals surface area contributed by atoms with E-state index in [0.29, 0.717) is 13.0 Å². The average molecular weight is 244 g/mol. The number of aromatic amines is 1. The molecule has 3 aromatic rings. The van der Waals surface area contributed by atoms with Crippen LogP contribution in [0.1, 0.15) is 5.56 Å². The molecule has 0 bridgehead atoms. The highest BCUT2D eigenvalue weighted by Gasteiger charge is 2.14. The second-order valence-corrected chi connectivity index (χ2v) is 4.18. The van der Waals surface area contributed by atoms with E-state index in [-0.39, 0.29) is 5.82 Å². The molecule has 3 N–H and O–H groups in total. The number of fused-ring (bicyclic) bond motifs is 1. The summed E-state index contributed by atoms with van der Waals surface area (Å²) in [6.45, 7) is 0.511. The van der Waals surface area contributed by atoms with Crippen molar-refractivity contribution in [1.82, 2.24) is 4.98 Å². The number of rotatable bonds is 3. The maximum atomic E-state index is 13.3. The minimum atomic E-state index is -0.245. The van der Waals surface area contributed by atoms with Gasteiger partial charge in [0.15, 0.2) is 0 Å². The average Bonchev–Trinajstić information content (AvgIpc) is 2.98. The van der Waals surface area contributed by atoms with Gasteiger partial charge in [0.1, 0.15) is 11.6 Å². The fourth-order valence-corrected chi connectivity index (χ4v) is 2.26. The molecular weight excluding hydrogens is 231 g/mol. The van der Waals surface area contributed by atoms with Gasteiger partial charge in [-0.15, -0.1) is 0 Å². The quantitative estimate of drug-likeness (QED) is 0.744. The van der Waals surface area contributed by atoms with E-state index in [4.69, 9.17) is 10.2 Å². The highest BCUT2D eigenvalue weighted by atomic mass is 19.1. The molecule has 18 heavy (non-hydrogen) atoms. The predicted molar refractivity (Wildman–Crippen MR) is 68.7 cm³/mol. The maximum absolute atomic E-state index is 13.3. The number of H-pyrrole nitrogens is 1. The number of aromatic nitrogens is 1. The van der Waals surface area contributed by atoms with E-state index in [9.17, 15) is 4.39 Å². The molecule has 0 unspecified atom stereocenters. The molecule has 0 aliphatic heterocycles. The Kier molecular flexibility index (Phi) is 2.64. The SMILES string of the molecule is NCCc1c(-c2ccco2)[nH]c2ccc(F)cc12. The van der Waals surface area contributed by atoms with Crippen LogP contribution in [0.15, 0.2) is 41.0 Å². The van der Waals surface area contributed by atoms with Crippen LogP contribution >= 0.6 is 0 Å². The number of benzene rings is 1. The lowest BCUT2D eigenvalue weighted by molar-refractivity contribution is 0.580. The van der Waals surface area contributed by atoms with Gasteiger partial charge in [-0.25, -0.2) is 4.39 Å². The van der Waals surface area contributed by atoms with E-state index in [0.717, 1.165) is 27.9 Å². The lowest BCUT2D eigenvalue weighted by Crippen LogP contribution is -2.03. The van der Waals surface area contributed by atoms with Crippen molar-refractivity contribution >= 4 is 10.9 Å². The zero-order valence-corrected chi connectivity index (χ0v) is 9.74. The minimum absolute atomic E-state index is 0.245. The predicted octanol–water partition coefficient (Wildman–Crippen LogP) is 3.07. The number of furan rings is 1. The third kappa shape index (κ3) is 1.71. The third-order valence-corrected chi connectivity index (χ3v) is 3.03. The molecule has 0 saturated heterocycles. The largest absolute Gasteiger partial charge is 0.463 e. The molecule has 92 valence electrons. The molecule has 3 rings (SSSR count). The van der Waals surface area contributed by atoms with Gasteiger partial charge in [-0.1, -0.05) is 0 Å².